The van der Waals surface area contributed by atoms with Crippen LogP contribution in [0.5, 0.6) is 0 Å². The van der Waals surface area contributed by atoms with E-state index in [1.807, 2.05) is 0 Å². The van der Waals surface area contributed by atoms with Gasteiger partial charge in [0.05, 0.1) is 0 Å². The van der Waals surface area contributed by atoms with Crippen LogP contribution in [-0.2, 0) is 26.1 Å². The van der Waals surface area contributed by atoms with Gasteiger partial charge >= 0.3 is 16.5 Å². The van der Waals surface area contributed by atoms with Crippen LogP contribution in [0.3, 0.4) is 0 Å². The predicted molar refractivity (Wildman–Crippen MR) is 234 cm³/mol. The molecule has 0 bridgehead atoms. The molecule has 0 heterocycles. The average molecular weight is 822 g/mol. The van der Waals surface area contributed by atoms with Gasteiger partial charge < -0.3 is 19.8 Å². The van der Waals surface area contributed by atoms with Crippen molar-refractivity contribution in [1.29, 1.82) is 0 Å². The first-order valence-electron chi connectivity index (χ1n) is 24.9. The molecule has 0 aromatic carbocycles. The Bertz CT molecular complexity index is 641. The van der Waals surface area contributed by atoms with Crippen molar-refractivity contribution in [3.8, 4) is 0 Å². The van der Waals surface area contributed by atoms with E-state index in [0.29, 0.717) is 0 Å². The number of carbonyl (C=O) groups excluding carboxylic acids is 2. The number of carboxylic acid groups (broad SMARTS) is 2. The SMILES string of the molecule is CCCCCCCCCCCCCCCCCCCCCCCCC(=O)[O-].CCCCCCCCCCCCCCCCCCCCCCCCC(=O)[O-].[Ni+2]. The molecule has 0 fully saturated rings. The topological polar surface area (TPSA) is 80.3 Å². The Kier molecular flexibility index (Phi) is 59.3. The van der Waals surface area contributed by atoms with Crippen LogP contribution in [0.15, 0.2) is 0 Å². The third kappa shape index (κ3) is 62.8. The molecule has 0 amide bonds. The van der Waals surface area contributed by atoms with Gasteiger partial charge in [-0.1, -0.05) is 284 Å². The molecular formula is C50H98NiO4. The summed E-state index contributed by atoms with van der Waals surface area (Å²) in [6, 6.07) is 0. The van der Waals surface area contributed by atoms with Crippen molar-refractivity contribution in [2.75, 3.05) is 0 Å². The van der Waals surface area contributed by atoms with E-state index in [2.05, 4.69) is 13.8 Å². The fourth-order valence-electron chi connectivity index (χ4n) is 7.76. The minimum atomic E-state index is -0.900. The summed E-state index contributed by atoms with van der Waals surface area (Å²) in [5, 5.41) is 20.6. The monoisotopic (exact) mass is 821 g/mol. The van der Waals surface area contributed by atoms with Crippen LogP contribution in [0.25, 0.3) is 0 Å². The number of carbonyl (C=O) groups is 2. The van der Waals surface area contributed by atoms with E-state index in [9.17, 15) is 19.8 Å². The number of rotatable bonds is 46. The van der Waals surface area contributed by atoms with Crippen LogP contribution in [0.2, 0.25) is 0 Å². The maximum Gasteiger partial charge on any atom is 2.00 e. The molecule has 0 saturated heterocycles. The minimum Gasteiger partial charge on any atom is -0.550 e. The van der Waals surface area contributed by atoms with Crippen molar-refractivity contribution in [2.24, 2.45) is 0 Å². The third-order valence-corrected chi connectivity index (χ3v) is 11.5. The van der Waals surface area contributed by atoms with Gasteiger partial charge in [-0.3, -0.25) is 0 Å². The number of aliphatic carboxylic acids is 2. The zero-order valence-electron chi connectivity index (χ0n) is 37.5. The maximum absolute atomic E-state index is 10.3. The maximum atomic E-state index is 10.3. The Hall–Kier alpha value is -0.566. The van der Waals surface area contributed by atoms with Gasteiger partial charge in [-0.2, -0.15) is 0 Å². The van der Waals surface area contributed by atoms with Crippen LogP contribution >= 0.6 is 0 Å². The number of unbranched alkanes of at least 4 members (excludes halogenated alkanes) is 42. The first kappa shape index (κ1) is 58.7. The van der Waals surface area contributed by atoms with Crippen LogP contribution in [0, 0.1) is 0 Å². The van der Waals surface area contributed by atoms with Gasteiger partial charge in [-0.15, -0.1) is 0 Å². The summed E-state index contributed by atoms with van der Waals surface area (Å²) < 4.78 is 0. The number of hydrogen-bond acceptors (Lipinski definition) is 4. The zero-order chi connectivity index (χ0) is 39.7. The van der Waals surface area contributed by atoms with Crippen molar-refractivity contribution >= 4 is 11.9 Å². The summed E-state index contributed by atoms with van der Waals surface area (Å²) in [6.45, 7) is 4.58. The number of carboxylic acids is 2. The molecule has 0 spiro atoms. The summed E-state index contributed by atoms with van der Waals surface area (Å²) in [6.07, 6.45) is 60.4. The van der Waals surface area contributed by atoms with Gasteiger partial charge in [0.15, 0.2) is 0 Å². The Balaban J connectivity index is -0.000000966. The molecule has 0 saturated carbocycles. The third-order valence-electron chi connectivity index (χ3n) is 11.5. The van der Waals surface area contributed by atoms with Crippen molar-refractivity contribution in [3.05, 3.63) is 0 Å². The molecule has 55 heavy (non-hydrogen) atoms. The van der Waals surface area contributed by atoms with Crippen LogP contribution in [-0.4, -0.2) is 11.9 Å². The molecule has 332 valence electrons. The van der Waals surface area contributed by atoms with Gasteiger partial charge in [0.25, 0.3) is 0 Å². The first-order chi connectivity index (χ1) is 26.5. The predicted octanol–water partition coefficient (Wildman–Crippen LogP) is 15.5. The molecule has 0 aromatic rings. The van der Waals surface area contributed by atoms with E-state index in [-0.39, 0.29) is 29.3 Å². The largest absolute Gasteiger partial charge is 2.00 e. The summed E-state index contributed by atoms with van der Waals surface area (Å²) in [5.41, 5.74) is 0. The fraction of sp³-hybridized carbons (Fsp3) is 0.960. The molecule has 0 rings (SSSR count). The number of hydrogen-bond donors (Lipinski definition) is 0. The summed E-state index contributed by atoms with van der Waals surface area (Å²) >= 11 is 0. The van der Waals surface area contributed by atoms with Gasteiger partial charge in [-0.25, -0.2) is 0 Å². The average Bonchev–Trinajstić information content (AvgIpc) is 3.15. The second-order valence-corrected chi connectivity index (χ2v) is 17.1. The van der Waals surface area contributed by atoms with E-state index in [1.165, 1.54) is 257 Å². The van der Waals surface area contributed by atoms with Gasteiger partial charge in [0.1, 0.15) is 0 Å². The molecule has 0 aromatic heterocycles. The summed E-state index contributed by atoms with van der Waals surface area (Å²) in [4.78, 5) is 20.6. The Labute approximate surface area is 356 Å². The van der Waals surface area contributed by atoms with Crippen LogP contribution in [0.4, 0.5) is 0 Å². The zero-order valence-corrected chi connectivity index (χ0v) is 38.5. The molecule has 4 nitrogen and oxygen atoms in total. The quantitative estimate of drug-likeness (QED) is 0.0452. The molecule has 0 aliphatic rings. The fourth-order valence-corrected chi connectivity index (χ4v) is 7.76. The molecule has 0 aliphatic heterocycles. The Morgan fingerprint density at radius 1 is 0.236 bits per heavy atom. The molecule has 0 radical (unpaired) electrons. The van der Waals surface area contributed by atoms with Crippen molar-refractivity contribution < 1.29 is 36.3 Å². The summed E-state index contributed by atoms with van der Waals surface area (Å²) in [7, 11) is 0. The normalized spacial score (nSPS) is 10.9. The first-order valence-corrected chi connectivity index (χ1v) is 24.9. The van der Waals surface area contributed by atoms with E-state index in [1.54, 1.807) is 0 Å². The van der Waals surface area contributed by atoms with E-state index in [4.69, 9.17) is 0 Å². The smallest absolute Gasteiger partial charge is 0.550 e. The summed E-state index contributed by atoms with van der Waals surface area (Å²) in [5.74, 6) is -1.80. The second-order valence-electron chi connectivity index (χ2n) is 17.1. The van der Waals surface area contributed by atoms with E-state index < -0.39 is 11.9 Å². The van der Waals surface area contributed by atoms with Gasteiger partial charge in [0.2, 0.25) is 0 Å². The molecule has 0 atom stereocenters. The van der Waals surface area contributed by atoms with E-state index in [0.717, 1.165) is 25.7 Å². The minimum absolute atomic E-state index is 0. The Morgan fingerprint density at radius 3 is 0.455 bits per heavy atom. The second kappa shape index (κ2) is 55.5. The molecule has 5 heteroatoms. The standard InChI is InChI=1S/2C25H50O2.Ni/c2*1-2-3-4-5-6-7-8-9-10-11-12-13-14-15-16-17-18-19-20-21-22-23-24-25(26)27;/h2*2-24H2,1H3,(H,26,27);/q;;+2/p-2. The van der Waals surface area contributed by atoms with Crippen LogP contribution < -0.4 is 10.2 Å². The van der Waals surface area contributed by atoms with Gasteiger partial charge in [-0.05, 0) is 25.7 Å². The van der Waals surface area contributed by atoms with Crippen LogP contribution in [0.1, 0.15) is 309 Å². The molecular weight excluding hydrogens is 723 g/mol. The van der Waals surface area contributed by atoms with Crippen molar-refractivity contribution in [1.82, 2.24) is 0 Å². The van der Waals surface area contributed by atoms with E-state index >= 15 is 0 Å². The molecule has 0 aliphatic carbocycles. The van der Waals surface area contributed by atoms with Gasteiger partial charge in [0, 0.05) is 11.9 Å². The molecule has 0 unspecified atom stereocenters. The Morgan fingerprint density at radius 2 is 0.345 bits per heavy atom. The molecule has 0 N–H and O–H groups in total. The van der Waals surface area contributed by atoms with Crippen molar-refractivity contribution in [2.45, 2.75) is 309 Å². The van der Waals surface area contributed by atoms with Crippen molar-refractivity contribution in [3.63, 3.8) is 0 Å².